The van der Waals surface area contributed by atoms with Crippen LogP contribution in [0.1, 0.15) is 16.1 Å². The Kier molecular flexibility index (Phi) is 4.73. The van der Waals surface area contributed by atoms with Crippen LogP contribution in [0.4, 0.5) is 10.5 Å². The number of carbonyl (C=O) groups is 2. The molecule has 0 bridgehead atoms. The Hall–Kier alpha value is -2.60. The number of rotatable bonds is 4. The van der Waals surface area contributed by atoms with E-state index in [-0.39, 0.29) is 23.0 Å². The minimum atomic E-state index is -1.22. The summed E-state index contributed by atoms with van der Waals surface area (Å²) in [6.45, 7) is 0.0984. The van der Waals surface area contributed by atoms with Gasteiger partial charge in [0, 0.05) is 6.20 Å². The van der Waals surface area contributed by atoms with Crippen LogP contribution in [0.15, 0.2) is 42.6 Å². The monoisotopic (exact) mass is 306 g/mol. The molecule has 7 heteroatoms. The molecule has 1 amide bonds. The molecule has 1 aromatic heterocycles. The summed E-state index contributed by atoms with van der Waals surface area (Å²) in [5.74, 6) is -1.22. The van der Waals surface area contributed by atoms with E-state index in [0.717, 1.165) is 17.8 Å². The first-order chi connectivity index (χ1) is 10.1. The maximum Gasteiger partial charge on any atom is 0.412 e. The van der Waals surface area contributed by atoms with Crippen molar-refractivity contribution in [2.75, 3.05) is 5.32 Å². The smallest absolute Gasteiger partial charge is 0.412 e. The molecule has 0 radical (unpaired) electrons. The molecule has 0 aliphatic heterocycles. The summed E-state index contributed by atoms with van der Waals surface area (Å²) in [4.78, 5) is 26.1. The van der Waals surface area contributed by atoms with Gasteiger partial charge < -0.3 is 9.84 Å². The minimum absolute atomic E-state index is 0.0984. The van der Waals surface area contributed by atoms with E-state index < -0.39 is 12.1 Å². The number of nitrogens with one attached hydrogen (secondary N) is 1. The summed E-state index contributed by atoms with van der Waals surface area (Å²) < 4.78 is 5.01. The van der Waals surface area contributed by atoms with Crippen molar-refractivity contribution < 1.29 is 19.4 Å². The third-order valence-corrected chi connectivity index (χ3v) is 2.83. The highest BCUT2D eigenvalue weighted by molar-refractivity contribution is 6.33. The summed E-state index contributed by atoms with van der Waals surface area (Å²) in [5, 5.41) is 11.3. The van der Waals surface area contributed by atoms with Crippen LogP contribution < -0.4 is 5.32 Å². The lowest BCUT2D eigenvalue weighted by atomic mass is 10.2. The van der Waals surface area contributed by atoms with E-state index >= 15 is 0 Å². The number of halogens is 1. The highest BCUT2D eigenvalue weighted by atomic mass is 35.5. The molecule has 0 atom stereocenters. The zero-order valence-corrected chi connectivity index (χ0v) is 11.5. The van der Waals surface area contributed by atoms with Crippen LogP contribution >= 0.6 is 11.6 Å². The van der Waals surface area contributed by atoms with E-state index in [2.05, 4.69) is 10.3 Å². The maximum absolute atomic E-state index is 11.7. The first-order valence-corrected chi connectivity index (χ1v) is 6.30. The highest BCUT2D eigenvalue weighted by Gasteiger charge is 2.12. The molecule has 0 unspecified atom stereocenters. The molecule has 108 valence electrons. The number of hydrogen-bond acceptors (Lipinski definition) is 4. The SMILES string of the molecule is O=C(Nc1cc(C(=O)O)ncc1Cl)OCc1ccccc1. The van der Waals surface area contributed by atoms with Gasteiger partial charge in [-0.3, -0.25) is 5.32 Å². The third-order valence-electron chi connectivity index (χ3n) is 2.52. The van der Waals surface area contributed by atoms with Crippen molar-refractivity contribution in [3.63, 3.8) is 0 Å². The van der Waals surface area contributed by atoms with Gasteiger partial charge in [-0.25, -0.2) is 14.6 Å². The number of carboxylic acid groups (broad SMARTS) is 1. The van der Waals surface area contributed by atoms with Crippen molar-refractivity contribution in [2.45, 2.75) is 6.61 Å². The molecule has 6 nitrogen and oxygen atoms in total. The largest absolute Gasteiger partial charge is 0.477 e. The molecule has 1 heterocycles. The van der Waals surface area contributed by atoms with Gasteiger partial charge in [-0.15, -0.1) is 0 Å². The molecule has 21 heavy (non-hydrogen) atoms. The number of ether oxygens (including phenoxy) is 1. The van der Waals surface area contributed by atoms with Gasteiger partial charge in [0.1, 0.15) is 12.3 Å². The lowest BCUT2D eigenvalue weighted by Gasteiger charge is -2.08. The zero-order chi connectivity index (χ0) is 15.2. The highest BCUT2D eigenvalue weighted by Crippen LogP contribution is 2.21. The quantitative estimate of drug-likeness (QED) is 0.905. The van der Waals surface area contributed by atoms with Crippen molar-refractivity contribution in [1.29, 1.82) is 0 Å². The number of carboxylic acids is 1. The number of hydrogen-bond donors (Lipinski definition) is 2. The van der Waals surface area contributed by atoms with E-state index in [9.17, 15) is 9.59 Å². The first-order valence-electron chi connectivity index (χ1n) is 5.93. The third kappa shape index (κ3) is 4.19. The van der Waals surface area contributed by atoms with E-state index in [1.807, 2.05) is 30.3 Å². The van der Waals surface area contributed by atoms with E-state index in [4.69, 9.17) is 21.4 Å². The first kappa shape index (κ1) is 14.8. The van der Waals surface area contributed by atoms with Crippen LogP contribution in [-0.2, 0) is 11.3 Å². The second-order valence-electron chi connectivity index (χ2n) is 4.04. The number of anilines is 1. The van der Waals surface area contributed by atoms with Crippen molar-refractivity contribution in [2.24, 2.45) is 0 Å². The minimum Gasteiger partial charge on any atom is -0.477 e. The number of aromatic nitrogens is 1. The Bertz CT molecular complexity index is 661. The maximum atomic E-state index is 11.7. The average molecular weight is 307 g/mol. The number of amides is 1. The molecule has 0 aliphatic carbocycles. The Labute approximate surface area is 125 Å². The predicted octanol–water partition coefficient (Wildman–Crippen LogP) is 3.18. The average Bonchev–Trinajstić information content (AvgIpc) is 2.48. The van der Waals surface area contributed by atoms with Gasteiger partial charge in [0.15, 0.2) is 0 Å². The number of carbonyl (C=O) groups excluding carboxylic acids is 1. The fourth-order valence-corrected chi connectivity index (χ4v) is 1.67. The van der Waals surface area contributed by atoms with E-state index in [1.54, 1.807) is 0 Å². The standard InChI is InChI=1S/C14H11ClN2O4/c15-10-7-16-12(13(18)19)6-11(10)17-14(20)21-8-9-4-2-1-3-5-9/h1-7H,8H2,(H,18,19)(H,16,17,20). The molecule has 2 rings (SSSR count). The van der Waals surface area contributed by atoms with Crippen LogP contribution in [0.5, 0.6) is 0 Å². The second kappa shape index (κ2) is 6.71. The van der Waals surface area contributed by atoms with Gasteiger partial charge in [-0.2, -0.15) is 0 Å². The number of benzene rings is 1. The second-order valence-corrected chi connectivity index (χ2v) is 4.45. The van der Waals surface area contributed by atoms with Crippen molar-refractivity contribution in [3.8, 4) is 0 Å². The topological polar surface area (TPSA) is 88.5 Å². The fourth-order valence-electron chi connectivity index (χ4n) is 1.52. The Morgan fingerprint density at radius 1 is 1.29 bits per heavy atom. The van der Waals surface area contributed by atoms with E-state index in [0.29, 0.717) is 0 Å². The molecule has 0 fully saturated rings. The van der Waals surface area contributed by atoms with E-state index in [1.165, 1.54) is 0 Å². The molecule has 0 aliphatic rings. The van der Waals surface area contributed by atoms with Crippen LogP contribution in [0.25, 0.3) is 0 Å². The number of nitrogens with zero attached hydrogens (tertiary/aromatic N) is 1. The van der Waals surface area contributed by atoms with Crippen LogP contribution in [-0.4, -0.2) is 22.2 Å². The normalized spacial score (nSPS) is 9.95. The molecule has 2 aromatic rings. The Morgan fingerprint density at radius 2 is 2.00 bits per heavy atom. The molecule has 0 saturated carbocycles. The molecular formula is C14H11ClN2O4. The Morgan fingerprint density at radius 3 is 2.67 bits per heavy atom. The summed E-state index contributed by atoms with van der Waals surface area (Å²) in [6, 6.07) is 10.3. The van der Waals surface area contributed by atoms with Crippen LogP contribution in [0.3, 0.4) is 0 Å². The van der Waals surface area contributed by atoms with Gasteiger partial charge in [0.25, 0.3) is 0 Å². The van der Waals surface area contributed by atoms with Gasteiger partial charge in [0.05, 0.1) is 10.7 Å². The van der Waals surface area contributed by atoms with Gasteiger partial charge >= 0.3 is 12.1 Å². The van der Waals surface area contributed by atoms with Gasteiger partial charge in [-0.05, 0) is 11.6 Å². The number of aromatic carboxylic acids is 1. The number of pyridine rings is 1. The summed E-state index contributed by atoms with van der Waals surface area (Å²) >= 11 is 5.84. The molecule has 0 saturated heterocycles. The fraction of sp³-hybridized carbons (Fsp3) is 0.0714. The summed E-state index contributed by atoms with van der Waals surface area (Å²) in [7, 11) is 0. The van der Waals surface area contributed by atoms with Gasteiger partial charge in [-0.1, -0.05) is 41.9 Å². The molecule has 0 spiro atoms. The Balaban J connectivity index is 1.99. The molecule has 2 N–H and O–H groups in total. The summed E-state index contributed by atoms with van der Waals surface area (Å²) in [5.41, 5.74) is 0.736. The molecule has 1 aromatic carbocycles. The lowest BCUT2D eigenvalue weighted by molar-refractivity contribution is 0.0690. The van der Waals surface area contributed by atoms with Crippen LogP contribution in [0, 0.1) is 0 Å². The van der Waals surface area contributed by atoms with Crippen molar-refractivity contribution in [1.82, 2.24) is 4.98 Å². The summed E-state index contributed by atoms with van der Waals surface area (Å²) in [6.07, 6.45) is 0.418. The lowest BCUT2D eigenvalue weighted by Crippen LogP contribution is -2.14. The zero-order valence-electron chi connectivity index (χ0n) is 10.7. The van der Waals surface area contributed by atoms with Gasteiger partial charge in [0.2, 0.25) is 0 Å². The van der Waals surface area contributed by atoms with Crippen LogP contribution in [0.2, 0.25) is 5.02 Å². The predicted molar refractivity (Wildman–Crippen MR) is 76.5 cm³/mol. The molecular weight excluding hydrogens is 296 g/mol. The van der Waals surface area contributed by atoms with Crippen molar-refractivity contribution >= 4 is 29.4 Å². The van der Waals surface area contributed by atoms with Crippen molar-refractivity contribution in [3.05, 3.63) is 58.9 Å².